The summed E-state index contributed by atoms with van der Waals surface area (Å²) in [6.45, 7) is 0. The normalized spacial score (nSPS) is 9.90. The first-order chi connectivity index (χ1) is 9.58. The minimum Gasteiger partial charge on any atom is -0.497 e. The number of carbonyl (C=O) groups excluding carboxylic acids is 1. The van der Waals surface area contributed by atoms with Crippen molar-refractivity contribution in [1.29, 1.82) is 0 Å². The molecule has 0 aliphatic heterocycles. The molecule has 0 fully saturated rings. The van der Waals surface area contributed by atoms with Gasteiger partial charge in [-0.15, -0.1) is 0 Å². The summed E-state index contributed by atoms with van der Waals surface area (Å²) >= 11 is 5.85. The number of methoxy groups -OCH3 is 1. The Kier molecular flexibility index (Phi) is 4.32. The van der Waals surface area contributed by atoms with Crippen molar-refractivity contribution in [2.75, 3.05) is 23.5 Å². The molecule has 0 aliphatic carbocycles. The average Bonchev–Trinajstić information content (AvgIpc) is 2.41. The third-order valence-corrected chi connectivity index (χ3v) is 2.83. The van der Waals surface area contributed by atoms with Crippen LogP contribution in [0.25, 0.3) is 0 Å². The van der Waals surface area contributed by atoms with Gasteiger partial charge in [0, 0.05) is 16.8 Å². The van der Waals surface area contributed by atoms with Gasteiger partial charge in [0.1, 0.15) is 5.75 Å². The molecule has 0 saturated heterocycles. The highest BCUT2D eigenvalue weighted by Crippen LogP contribution is 2.24. The van der Waals surface area contributed by atoms with Crippen LogP contribution in [0.1, 0.15) is 0 Å². The number of carbonyl (C=O) groups is 1. The third-order valence-electron chi connectivity index (χ3n) is 2.59. The second-order valence-electron chi connectivity index (χ2n) is 4.04. The molecule has 0 atom stereocenters. The fourth-order valence-electron chi connectivity index (χ4n) is 1.62. The molecule has 0 aliphatic rings. The van der Waals surface area contributed by atoms with Gasteiger partial charge in [-0.25, -0.2) is 4.79 Å². The maximum absolute atomic E-state index is 11.9. The SMILES string of the molecule is COc1ccc(N)c(NC(=O)Nc2cccc(Cl)c2)c1. The molecule has 104 valence electrons. The molecule has 0 heterocycles. The summed E-state index contributed by atoms with van der Waals surface area (Å²) in [6, 6.07) is 11.5. The second-order valence-corrected chi connectivity index (χ2v) is 4.48. The van der Waals surface area contributed by atoms with E-state index in [4.69, 9.17) is 22.1 Å². The zero-order valence-electron chi connectivity index (χ0n) is 10.8. The topological polar surface area (TPSA) is 76.4 Å². The molecular formula is C14H14ClN3O2. The quantitative estimate of drug-likeness (QED) is 0.757. The molecule has 0 bridgehead atoms. The summed E-state index contributed by atoms with van der Waals surface area (Å²) < 4.78 is 5.08. The Morgan fingerprint density at radius 1 is 1.20 bits per heavy atom. The van der Waals surface area contributed by atoms with Gasteiger partial charge in [-0.3, -0.25) is 0 Å². The smallest absolute Gasteiger partial charge is 0.323 e. The molecule has 5 nitrogen and oxygen atoms in total. The van der Waals surface area contributed by atoms with Crippen molar-refractivity contribution >= 4 is 34.7 Å². The second kappa shape index (κ2) is 6.16. The fourth-order valence-corrected chi connectivity index (χ4v) is 1.81. The molecule has 0 unspecified atom stereocenters. The third kappa shape index (κ3) is 3.55. The van der Waals surface area contributed by atoms with E-state index in [1.807, 2.05) is 0 Å². The van der Waals surface area contributed by atoms with Crippen molar-refractivity contribution in [3.63, 3.8) is 0 Å². The van der Waals surface area contributed by atoms with E-state index in [9.17, 15) is 4.79 Å². The maximum Gasteiger partial charge on any atom is 0.323 e. The zero-order chi connectivity index (χ0) is 14.5. The summed E-state index contributed by atoms with van der Waals surface area (Å²) in [6.07, 6.45) is 0. The van der Waals surface area contributed by atoms with E-state index in [-0.39, 0.29) is 0 Å². The summed E-state index contributed by atoms with van der Waals surface area (Å²) in [5.41, 5.74) is 7.31. The molecule has 2 aromatic carbocycles. The number of ether oxygens (including phenoxy) is 1. The number of hydrogen-bond donors (Lipinski definition) is 3. The number of nitrogens with one attached hydrogen (secondary N) is 2. The first-order valence-electron chi connectivity index (χ1n) is 5.85. The lowest BCUT2D eigenvalue weighted by Crippen LogP contribution is -2.20. The Balaban J connectivity index is 2.08. The summed E-state index contributed by atoms with van der Waals surface area (Å²) in [4.78, 5) is 11.9. The summed E-state index contributed by atoms with van der Waals surface area (Å²) in [7, 11) is 1.54. The summed E-state index contributed by atoms with van der Waals surface area (Å²) in [5.74, 6) is 0.609. The van der Waals surface area contributed by atoms with E-state index in [2.05, 4.69) is 10.6 Å². The van der Waals surface area contributed by atoms with E-state index in [0.29, 0.717) is 27.8 Å². The minimum absolute atomic E-state index is 0.410. The van der Waals surface area contributed by atoms with Gasteiger partial charge in [-0.1, -0.05) is 17.7 Å². The van der Waals surface area contributed by atoms with Crippen LogP contribution in [0.5, 0.6) is 5.75 Å². The van der Waals surface area contributed by atoms with Gasteiger partial charge in [0.05, 0.1) is 18.5 Å². The van der Waals surface area contributed by atoms with Crippen LogP contribution < -0.4 is 21.1 Å². The van der Waals surface area contributed by atoms with Crippen molar-refractivity contribution < 1.29 is 9.53 Å². The number of urea groups is 1. The van der Waals surface area contributed by atoms with Gasteiger partial charge in [0.25, 0.3) is 0 Å². The molecule has 0 saturated carbocycles. The standard InChI is InChI=1S/C14H14ClN3O2/c1-20-11-5-6-12(16)13(8-11)18-14(19)17-10-4-2-3-9(15)7-10/h2-8H,16H2,1H3,(H2,17,18,19). The number of nitrogen functional groups attached to an aromatic ring is 1. The first kappa shape index (κ1) is 14.0. The van der Waals surface area contributed by atoms with Crippen molar-refractivity contribution in [1.82, 2.24) is 0 Å². The molecule has 2 aromatic rings. The van der Waals surface area contributed by atoms with Crippen LogP contribution in [0, 0.1) is 0 Å². The largest absolute Gasteiger partial charge is 0.497 e. The Hall–Kier alpha value is -2.40. The molecule has 2 amide bonds. The van der Waals surface area contributed by atoms with Crippen LogP contribution in [-0.4, -0.2) is 13.1 Å². The molecular weight excluding hydrogens is 278 g/mol. The molecule has 2 rings (SSSR count). The molecule has 6 heteroatoms. The Morgan fingerprint density at radius 3 is 2.70 bits per heavy atom. The molecule has 20 heavy (non-hydrogen) atoms. The van der Waals surface area contributed by atoms with E-state index >= 15 is 0 Å². The van der Waals surface area contributed by atoms with Crippen molar-refractivity contribution in [2.45, 2.75) is 0 Å². The van der Waals surface area contributed by atoms with Crippen molar-refractivity contribution in [3.05, 3.63) is 47.5 Å². The Bertz CT molecular complexity index is 632. The number of rotatable bonds is 3. The van der Waals surface area contributed by atoms with E-state index in [1.54, 1.807) is 49.6 Å². The monoisotopic (exact) mass is 291 g/mol. The molecule has 0 spiro atoms. The van der Waals surface area contributed by atoms with Crippen LogP contribution in [0.15, 0.2) is 42.5 Å². The number of anilines is 3. The lowest BCUT2D eigenvalue weighted by atomic mass is 10.2. The first-order valence-corrected chi connectivity index (χ1v) is 6.23. The van der Waals surface area contributed by atoms with Crippen molar-refractivity contribution in [3.8, 4) is 5.75 Å². The maximum atomic E-state index is 11.9. The molecule has 0 aromatic heterocycles. The predicted molar refractivity (Wildman–Crippen MR) is 81.5 cm³/mol. The number of amides is 2. The van der Waals surface area contributed by atoms with E-state index < -0.39 is 6.03 Å². The minimum atomic E-state index is -0.410. The summed E-state index contributed by atoms with van der Waals surface area (Å²) in [5, 5.41) is 5.86. The number of halogens is 1. The lowest BCUT2D eigenvalue weighted by molar-refractivity contribution is 0.262. The van der Waals surface area contributed by atoms with Gasteiger partial charge >= 0.3 is 6.03 Å². The predicted octanol–water partition coefficient (Wildman–Crippen LogP) is 3.57. The lowest BCUT2D eigenvalue weighted by Gasteiger charge is -2.11. The fraction of sp³-hybridized carbons (Fsp3) is 0.0714. The highest BCUT2D eigenvalue weighted by atomic mass is 35.5. The van der Waals surface area contributed by atoms with Gasteiger partial charge in [0.15, 0.2) is 0 Å². The van der Waals surface area contributed by atoms with Crippen LogP contribution in [0.4, 0.5) is 21.9 Å². The average molecular weight is 292 g/mol. The Morgan fingerprint density at radius 2 is 2.00 bits per heavy atom. The van der Waals surface area contributed by atoms with Gasteiger partial charge in [0.2, 0.25) is 0 Å². The number of nitrogens with two attached hydrogens (primary N) is 1. The van der Waals surface area contributed by atoms with Crippen LogP contribution in [0.3, 0.4) is 0 Å². The van der Waals surface area contributed by atoms with Gasteiger partial charge in [-0.2, -0.15) is 0 Å². The van der Waals surface area contributed by atoms with Crippen LogP contribution >= 0.6 is 11.6 Å². The Labute approximate surface area is 121 Å². The van der Waals surface area contributed by atoms with Gasteiger partial charge < -0.3 is 21.1 Å². The van der Waals surface area contributed by atoms with Gasteiger partial charge in [-0.05, 0) is 30.3 Å². The zero-order valence-corrected chi connectivity index (χ0v) is 11.6. The number of hydrogen-bond acceptors (Lipinski definition) is 3. The van der Waals surface area contributed by atoms with E-state index in [1.165, 1.54) is 0 Å². The highest BCUT2D eigenvalue weighted by molar-refractivity contribution is 6.30. The van der Waals surface area contributed by atoms with Crippen LogP contribution in [-0.2, 0) is 0 Å². The molecule has 0 radical (unpaired) electrons. The number of benzene rings is 2. The highest BCUT2D eigenvalue weighted by Gasteiger charge is 2.07. The van der Waals surface area contributed by atoms with E-state index in [0.717, 1.165) is 0 Å². The van der Waals surface area contributed by atoms with Crippen molar-refractivity contribution in [2.24, 2.45) is 0 Å². The molecule has 4 N–H and O–H groups in total. The van der Waals surface area contributed by atoms with Crippen LogP contribution in [0.2, 0.25) is 5.02 Å².